The molecule has 27 heavy (non-hydrogen) atoms. The van der Waals surface area contributed by atoms with Crippen LogP contribution in [0.2, 0.25) is 0 Å². The van der Waals surface area contributed by atoms with Gasteiger partial charge in [-0.15, -0.1) is 0 Å². The first-order valence-electron chi connectivity index (χ1n) is 9.65. The van der Waals surface area contributed by atoms with E-state index in [1.165, 1.54) is 0 Å². The molecule has 6 heteroatoms. The van der Waals surface area contributed by atoms with Gasteiger partial charge < -0.3 is 19.3 Å². The van der Waals surface area contributed by atoms with Crippen LogP contribution in [0.15, 0.2) is 30.3 Å². The van der Waals surface area contributed by atoms with Crippen LogP contribution in [0.5, 0.6) is 0 Å². The molecule has 1 aromatic carbocycles. The summed E-state index contributed by atoms with van der Waals surface area (Å²) in [7, 11) is 0. The maximum atomic E-state index is 12.4. The summed E-state index contributed by atoms with van der Waals surface area (Å²) in [5.41, 5.74) is 0.504. The third kappa shape index (κ3) is 6.96. The highest BCUT2D eigenvalue weighted by atomic mass is 16.7. The lowest BCUT2D eigenvalue weighted by Crippen LogP contribution is -2.47. The Hall–Kier alpha value is -1.92. The predicted octanol–water partition coefficient (Wildman–Crippen LogP) is 4.03. The maximum Gasteiger partial charge on any atom is 0.338 e. The number of carbonyl (C=O) groups is 2. The quantitative estimate of drug-likeness (QED) is 0.516. The Labute approximate surface area is 160 Å². The van der Waals surface area contributed by atoms with Crippen molar-refractivity contribution in [2.45, 2.75) is 77.5 Å². The molecule has 2 unspecified atom stereocenters. The minimum atomic E-state index is -0.783. The van der Waals surface area contributed by atoms with Gasteiger partial charge in [-0.2, -0.15) is 0 Å². The van der Waals surface area contributed by atoms with Gasteiger partial charge in [0.25, 0.3) is 0 Å². The molecule has 1 aliphatic heterocycles. The zero-order chi connectivity index (χ0) is 19.8. The monoisotopic (exact) mass is 378 g/mol. The van der Waals surface area contributed by atoms with E-state index in [2.05, 4.69) is 6.92 Å². The van der Waals surface area contributed by atoms with E-state index >= 15 is 0 Å². The molecule has 0 saturated carbocycles. The van der Waals surface area contributed by atoms with Crippen LogP contribution >= 0.6 is 0 Å². The van der Waals surface area contributed by atoms with Crippen molar-refractivity contribution >= 4 is 11.9 Å². The van der Waals surface area contributed by atoms with Crippen molar-refractivity contribution in [1.29, 1.82) is 0 Å². The van der Waals surface area contributed by atoms with Crippen LogP contribution in [0, 0.1) is 5.92 Å². The van der Waals surface area contributed by atoms with E-state index in [4.69, 9.17) is 19.3 Å². The fraction of sp³-hybridized carbons (Fsp3) is 0.619. The number of hydrogen-bond acceptors (Lipinski definition) is 5. The summed E-state index contributed by atoms with van der Waals surface area (Å²) in [4.78, 5) is 23.0. The molecule has 0 spiro atoms. The Balaban J connectivity index is 1.92. The van der Waals surface area contributed by atoms with Crippen LogP contribution in [0.1, 0.15) is 63.2 Å². The van der Waals surface area contributed by atoms with Crippen molar-refractivity contribution in [2.75, 3.05) is 0 Å². The molecule has 2 rings (SSSR count). The molecule has 0 aromatic heterocycles. The summed E-state index contributed by atoms with van der Waals surface area (Å²) in [6.07, 6.45) is 1.78. The van der Waals surface area contributed by atoms with Crippen LogP contribution in [-0.4, -0.2) is 41.6 Å². The first-order chi connectivity index (χ1) is 12.9. The summed E-state index contributed by atoms with van der Waals surface area (Å²) >= 11 is 0. The van der Waals surface area contributed by atoms with Gasteiger partial charge in [0.05, 0.1) is 17.8 Å². The first kappa shape index (κ1) is 21.4. The number of benzene rings is 1. The predicted molar refractivity (Wildman–Crippen MR) is 100 cm³/mol. The Morgan fingerprint density at radius 1 is 1.22 bits per heavy atom. The lowest BCUT2D eigenvalue weighted by molar-refractivity contribution is -0.263. The number of carbonyl (C=O) groups excluding carboxylic acids is 1. The van der Waals surface area contributed by atoms with E-state index < -0.39 is 18.4 Å². The fourth-order valence-electron chi connectivity index (χ4n) is 3.11. The summed E-state index contributed by atoms with van der Waals surface area (Å²) in [5, 5.41) is 8.71. The molecule has 1 heterocycles. The molecule has 1 fully saturated rings. The number of carboxylic acid groups (broad SMARTS) is 1. The lowest BCUT2D eigenvalue weighted by Gasteiger charge is -2.39. The summed E-state index contributed by atoms with van der Waals surface area (Å²) in [5.74, 6) is -0.909. The number of rotatable bonds is 9. The second-order valence-corrected chi connectivity index (χ2v) is 7.32. The zero-order valence-electron chi connectivity index (χ0n) is 16.3. The SMILES string of the molecule is CC1O[C@@H](O[C@H](C)CCCCC(=O)O)C(OC(=O)c2ccccc2)C[C@H]1C. The highest BCUT2D eigenvalue weighted by Crippen LogP contribution is 2.29. The number of hydrogen-bond donors (Lipinski definition) is 1. The second-order valence-electron chi connectivity index (χ2n) is 7.32. The first-order valence-corrected chi connectivity index (χ1v) is 9.65. The molecule has 1 N–H and O–H groups in total. The van der Waals surface area contributed by atoms with Crippen molar-refractivity contribution in [1.82, 2.24) is 0 Å². The van der Waals surface area contributed by atoms with Crippen LogP contribution in [0.3, 0.4) is 0 Å². The molecule has 0 bridgehead atoms. The van der Waals surface area contributed by atoms with Gasteiger partial charge in [0.15, 0.2) is 12.4 Å². The Kier molecular flexibility index (Phi) is 8.25. The molecular formula is C21H30O6. The van der Waals surface area contributed by atoms with E-state index in [-0.39, 0.29) is 30.5 Å². The van der Waals surface area contributed by atoms with E-state index in [9.17, 15) is 9.59 Å². The molecule has 6 nitrogen and oxygen atoms in total. The van der Waals surface area contributed by atoms with E-state index in [1.807, 2.05) is 19.9 Å². The van der Waals surface area contributed by atoms with E-state index in [0.717, 1.165) is 12.8 Å². The largest absolute Gasteiger partial charge is 0.481 e. The van der Waals surface area contributed by atoms with Gasteiger partial charge in [-0.25, -0.2) is 4.79 Å². The number of carboxylic acids is 1. The second kappa shape index (κ2) is 10.4. The van der Waals surface area contributed by atoms with Gasteiger partial charge in [0.1, 0.15) is 0 Å². The van der Waals surface area contributed by atoms with Crippen molar-refractivity contribution in [3.05, 3.63) is 35.9 Å². The van der Waals surface area contributed by atoms with Crippen molar-refractivity contribution in [3.8, 4) is 0 Å². The fourth-order valence-corrected chi connectivity index (χ4v) is 3.11. The van der Waals surface area contributed by atoms with E-state index in [1.54, 1.807) is 24.3 Å². The average molecular weight is 378 g/mol. The van der Waals surface area contributed by atoms with Gasteiger partial charge in [-0.3, -0.25) is 4.79 Å². The topological polar surface area (TPSA) is 82.1 Å². The normalized spacial score (nSPS) is 26.3. The Morgan fingerprint density at radius 2 is 1.93 bits per heavy atom. The summed E-state index contributed by atoms with van der Waals surface area (Å²) < 4.78 is 17.7. The Morgan fingerprint density at radius 3 is 2.59 bits per heavy atom. The Bertz CT molecular complexity index is 602. The molecule has 0 aliphatic carbocycles. The summed E-state index contributed by atoms with van der Waals surface area (Å²) in [6, 6.07) is 8.89. The van der Waals surface area contributed by atoms with Crippen LogP contribution < -0.4 is 0 Å². The van der Waals surface area contributed by atoms with Crippen molar-refractivity contribution < 1.29 is 28.9 Å². The maximum absolute atomic E-state index is 12.4. The van der Waals surface area contributed by atoms with Crippen LogP contribution in [0.25, 0.3) is 0 Å². The molecule has 1 aliphatic rings. The van der Waals surface area contributed by atoms with Crippen LogP contribution in [-0.2, 0) is 19.0 Å². The van der Waals surface area contributed by atoms with Gasteiger partial charge >= 0.3 is 11.9 Å². The minimum absolute atomic E-state index is 0.0147. The average Bonchev–Trinajstić information content (AvgIpc) is 2.63. The number of ether oxygens (including phenoxy) is 3. The molecule has 1 aromatic rings. The highest BCUT2D eigenvalue weighted by molar-refractivity contribution is 5.89. The molecule has 1 saturated heterocycles. The van der Waals surface area contributed by atoms with Crippen molar-refractivity contribution in [2.24, 2.45) is 5.92 Å². The van der Waals surface area contributed by atoms with Gasteiger partial charge in [-0.1, -0.05) is 31.5 Å². The number of aliphatic carboxylic acids is 1. The zero-order valence-corrected chi connectivity index (χ0v) is 16.3. The third-order valence-corrected chi connectivity index (χ3v) is 4.94. The van der Waals surface area contributed by atoms with Gasteiger partial charge in [0, 0.05) is 6.42 Å². The van der Waals surface area contributed by atoms with Crippen LogP contribution in [0.4, 0.5) is 0 Å². The van der Waals surface area contributed by atoms with E-state index in [0.29, 0.717) is 18.4 Å². The number of unbranched alkanes of at least 4 members (excludes halogenated alkanes) is 1. The van der Waals surface area contributed by atoms with Gasteiger partial charge in [0.2, 0.25) is 0 Å². The highest BCUT2D eigenvalue weighted by Gasteiger charge is 2.38. The minimum Gasteiger partial charge on any atom is -0.481 e. The smallest absolute Gasteiger partial charge is 0.338 e. The molecule has 150 valence electrons. The number of esters is 1. The third-order valence-electron chi connectivity index (χ3n) is 4.94. The lowest BCUT2D eigenvalue weighted by atomic mass is 9.95. The molecule has 0 amide bonds. The molecule has 5 atom stereocenters. The molecular weight excluding hydrogens is 348 g/mol. The van der Waals surface area contributed by atoms with Gasteiger partial charge in [-0.05, 0) is 51.2 Å². The molecule has 0 radical (unpaired) electrons. The standard InChI is InChI=1S/C21H30O6/c1-14-13-18(27-20(24)17-10-5-4-6-11-17)21(26-16(14)3)25-15(2)9-7-8-12-19(22)23/h4-6,10-11,14-16,18,21H,7-9,12-13H2,1-3H3,(H,22,23)/t14-,15-,16?,18?,21-/m1/s1. The van der Waals surface area contributed by atoms with Crippen molar-refractivity contribution in [3.63, 3.8) is 0 Å². The summed E-state index contributed by atoms with van der Waals surface area (Å²) in [6.45, 7) is 6.00.